The Morgan fingerprint density at radius 3 is 2.53 bits per heavy atom. The first-order valence-corrected chi connectivity index (χ1v) is 11.4. The summed E-state index contributed by atoms with van der Waals surface area (Å²) < 4.78 is 27.8. The summed E-state index contributed by atoms with van der Waals surface area (Å²) in [7, 11) is -3.95. The summed E-state index contributed by atoms with van der Waals surface area (Å²) in [5, 5.41) is 10.9. The van der Waals surface area contributed by atoms with Crippen molar-refractivity contribution in [2.24, 2.45) is 0 Å². The van der Waals surface area contributed by atoms with Crippen molar-refractivity contribution in [3.8, 4) is 0 Å². The molecule has 4 rings (SSSR count). The van der Waals surface area contributed by atoms with Crippen LogP contribution in [0.25, 0.3) is 0 Å². The van der Waals surface area contributed by atoms with E-state index in [4.69, 9.17) is 0 Å². The molecule has 0 aliphatic carbocycles. The number of nitro benzene ring substituents is 1. The van der Waals surface area contributed by atoms with Gasteiger partial charge >= 0.3 is 0 Å². The van der Waals surface area contributed by atoms with Gasteiger partial charge in [0.2, 0.25) is 15.9 Å². The molecule has 1 fully saturated rings. The topological polar surface area (TPSA) is 101 Å². The van der Waals surface area contributed by atoms with Crippen LogP contribution in [0.2, 0.25) is 0 Å². The molecule has 30 heavy (non-hydrogen) atoms. The zero-order valence-electron chi connectivity index (χ0n) is 16.7. The molecule has 8 nitrogen and oxygen atoms in total. The van der Waals surface area contributed by atoms with Gasteiger partial charge in [-0.1, -0.05) is 18.6 Å². The van der Waals surface area contributed by atoms with Crippen LogP contribution in [0, 0.1) is 17.0 Å². The van der Waals surface area contributed by atoms with Gasteiger partial charge in [0, 0.05) is 30.9 Å². The Labute approximate surface area is 175 Å². The Hall–Kier alpha value is -2.78. The molecule has 0 spiro atoms. The smallest absolute Gasteiger partial charge is 0.269 e. The lowest BCUT2D eigenvalue weighted by Crippen LogP contribution is -2.52. The van der Waals surface area contributed by atoms with Crippen LogP contribution in [-0.2, 0) is 21.2 Å². The molecule has 0 N–H and O–H groups in total. The largest absolute Gasteiger partial charge is 0.310 e. The second kappa shape index (κ2) is 7.81. The molecule has 2 aromatic carbocycles. The number of rotatable bonds is 4. The van der Waals surface area contributed by atoms with Crippen LogP contribution < -0.4 is 4.90 Å². The number of nitro groups is 1. The molecule has 2 aliphatic rings. The fourth-order valence-electron chi connectivity index (χ4n) is 4.33. The summed E-state index contributed by atoms with van der Waals surface area (Å²) in [6.45, 7) is 2.81. The standard InChI is InChI=1S/C21H23N3O5S/c1-15-5-4-7-19-18(15)12-14-22(19)21(25)20-6-2-3-13-23(20)30(28,29)17-10-8-16(9-11-17)24(26)27/h4-5,7-11,20H,2-3,6,12-14H2,1H3. The van der Waals surface area contributed by atoms with Crippen molar-refractivity contribution >= 4 is 27.3 Å². The van der Waals surface area contributed by atoms with Crippen LogP contribution in [0.4, 0.5) is 11.4 Å². The molecular weight excluding hydrogens is 406 g/mol. The number of piperidine rings is 1. The lowest BCUT2D eigenvalue weighted by atomic mass is 10.0. The maximum atomic E-state index is 13.4. The van der Waals surface area contributed by atoms with Gasteiger partial charge in [-0.15, -0.1) is 0 Å². The number of non-ortho nitro benzene ring substituents is 1. The second-order valence-corrected chi connectivity index (χ2v) is 9.58. The molecule has 1 amide bonds. The highest BCUT2D eigenvalue weighted by atomic mass is 32.2. The maximum absolute atomic E-state index is 13.4. The fraction of sp³-hybridized carbons (Fsp3) is 0.381. The van der Waals surface area contributed by atoms with E-state index in [1.807, 2.05) is 25.1 Å². The first kappa shape index (κ1) is 20.5. The molecule has 2 aliphatic heterocycles. The molecule has 1 unspecified atom stereocenters. The lowest BCUT2D eigenvalue weighted by Gasteiger charge is -2.36. The van der Waals surface area contributed by atoms with E-state index in [-0.39, 0.29) is 23.0 Å². The first-order chi connectivity index (χ1) is 14.3. The predicted octanol–water partition coefficient (Wildman–Crippen LogP) is 3.04. The van der Waals surface area contributed by atoms with E-state index in [9.17, 15) is 23.3 Å². The number of amides is 1. The summed E-state index contributed by atoms with van der Waals surface area (Å²) in [6.07, 6.45) is 2.67. The summed E-state index contributed by atoms with van der Waals surface area (Å²) in [5.41, 5.74) is 2.94. The molecular formula is C21H23N3O5S. The molecule has 0 saturated carbocycles. The highest BCUT2D eigenvalue weighted by molar-refractivity contribution is 7.89. The second-order valence-electron chi connectivity index (χ2n) is 7.69. The van der Waals surface area contributed by atoms with Crippen molar-refractivity contribution in [2.75, 3.05) is 18.0 Å². The maximum Gasteiger partial charge on any atom is 0.269 e. The summed E-state index contributed by atoms with van der Waals surface area (Å²) in [4.78, 5) is 25.4. The number of hydrogen-bond donors (Lipinski definition) is 0. The van der Waals surface area contributed by atoms with E-state index in [0.717, 1.165) is 29.7 Å². The number of benzene rings is 2. The average Bonchev–Trinajstić information content (AvgIpc) is 3.19. The Morgan fingerprint density at radius 2 is 1.83 bits per heavy atom. The molecule has 1 saturated heterocycles. The van der Waals surface area contributed by atoms with E-state index in [1.54, 1.807) is 4.90 Å². The van der Waals surface area contributed by atoms with Gasteiger partial charge in [0.25, 0.3) is 5.69 Å². The Morgan fingerprint density at radius 1 is 1.10 bits per heavy atom. The van der Waals surface area contributed by atoms with Crippen LogP contribution >= 0.6 is 0 Å². The van der Waals surface area contributed by atoms with Crippen molar-refractivity contribution in [1.82, 2.24) is 4.31 Å². The Kier molecular flexibility index (Phi) is 5.33. The number of nitrogens with zero attached hydrogens (tertiary/aromatic N) is 3. The molecule has 0 radical (unpaired) electrons. The molecule has 2 aromatic rings. The highest BCUT2D eigenvalue weighted by Crippen LogP contribution is 2.34. The van der Waals surface area contributed by atoms with E-state index in [1.165, 1.54) is 28.6 Å². The van der Waals surface area contributed by atoms with Crippen molar-refractivity contribution in [3.63, 3.8) is 0 Å². The number of carbonyl (C=O) groups is 1. The van der Waals surface area contributed by atoms with Crippen LogP contribution in [0.15, 0.2) is 47.4 Å². The van der Waals surface area contributed by atoms with Crippen LogP contribution in [0.3, 0.4) is 0 Å². The van der Waals surface area contributed by atoms with Crippen molar-refractivity contribution in [2.45, 2.75) is 43.5 Å². The minimum atomic E-state index is -3.95. The highest BCUT2D eigenvalue weighted by Gasteiger charge is 2.41. The van der Waals surface area contributed by atoms with Crippen molar-refractivity contribution in [1.29, 1.82) is 0 Å². The van der Waals surface area contributed by atoms with E-state index >= 15 is 0 Å². The Bertz CT molecular complexity index is 1100. The van der Waals surface area contributed by atoms with E-state index in [2.05, 4.69) is 0 Å². The number of aryl methyl sites for hydroxylation is 1. The minimum Gasteiger partial charge on any atom is -0.310 e. The zero-order chi connectivity index (χ0) is 21.5. The summed E-state index contributed by atoms with van der Waals surface area (Å²) >= 11 is 0. The third-order valence-corrected chi connectivity index (χ3v) is 7.84. The third kappa shape index (κ3) is 3.48. The average molecular weight is 429 g/mol. The molecule has 2 heterocycles. The van der Waals surface area contributed by atoms with Crippen LogP contribution in [0.1, 0.15) is 30.4 Å². The van der Waals surface area contributed by atoms with Crippen molar-refractivity contribution in [3.05, 3.63) is 63.7 Å². The van der Waals surface area contributed by atoms with Crippen LogP contribution in [-0.4, -0.2) is 42.7 Å². The Balaban J connectivity index is 1.64. The monoisotopic (exact) mass is 429 g/mol. The summed E-state index contributed by atoms with van der Waals surface area (Å²) in [5.74, 6) is -0.204. The van der Waals surface area contributed by atoms with E-state index < -0.39 is 21.0 Å². The van der Waals surface area contributed by atoms with Gasteiger partial charge in [-0.25, -0.2) is 8.42 Å². The SMILES string of the molecule is Cc1cccc2c1CCN2C(=O)C1CCCCN1S(=O)(=O)c1ccc([N+](=O)[O-])cc1. The molecule has 158 valence electrons. The number of fused-ring (bicyclic) bond motifs is 1. The normalized spacial score (nSPS) is 19.5. The number of sulfonamides is 1. The predicted molar refractivity (Wildman–Crippen MR) is 112 cm³/mol. The molecule has 1 atom stereocenters. The quantitative estimate of drug-likeness (QED) is 0.549. The lowest BCUT2D eigenvalue weighted by molar-refractivity contribution is -0.384. The zero-order valence-corrected chi connectivity index (χ0v) is 17.5. The minimum absolute atomic E-state index is 0.0366. The first-order valence-electron chi connectivity index (χ1n) is 9.97. The van der Waals surface area contributed by atoms with Gasteiger partial charge in [0.1, 0.15) is 6.04 Å². The van der Waals surface area contributed by atoms with Gasteiger partial charge in [-0.05, 0) is 55.5 Å². The molecule has 0 bridgehead atoms. The van der Waals surface area contributed by atoms with Gasteiger partial charge < -0.3 is 4.90 Å². The van der Waals surface area contributed by atoms with Crippen LogP contribution in [0.5, 0.6) is 0 Å². The van der Waals surface area contributed by atoms with Gasteiger partial charge in [0.05, 0.1) is 9.82 Å². The number of anilines is 1. The fourth-order valence-corrected chi connectivity index (χ4v) is 5.98. The third-order valence-electron chi connectivity index (χ3n) is 5.92. The van der Waals surface area contributed by atoms with Crippen molar-refractivity contribution < 1.29 is 18.1 Å². The summed E-state index contributed by atoms with van der Waals surface area (Å²) in [6, 6.07) is 9.87. The number of hydrogen-bond acceptors (Lipinski definition) is 5. The molecule has 9 heteroatoms. The molecule has 0 aromatic heterocycles. The number of carbonyl (C=O) groups excluding carboxylic acids is 1. The van der Waals surface area contributed by atoms with E-state index in [0.29, 0.717) is 19.4 Å². The van der Waals surface area contributed by atoms with Gasteiger partial charge in [-0.2, -0.15) is 4.31 Å². The van der Waals surface area contributed by atoms with Gasteiger partial charge in [0.15, 0.2) is 0 Å². The van der Waals surface area contributed by atoms with Gasteiger partial charge in [-0.3, -0.25) is 14.9 Å².